The van der Waals surface area contributed by atoms with Crippen LogP contribution in [0.15, 0.2) is 82.9 Å². The maximum Gasteiger partial charge on any atom is 0.287 e. The maximum atomic E-state index is 12.7. The first-order chi connectivity index (χ1) is 14.8. The van der Waals surface area contributed by atoms with E-state index in [0.29, 0.717) is 5.56 Å². The minimum Gasteiger partial charge on any atom is -0.317 e. The van der Waals surface area contributed by atoms with E-state index in [1.807, 2.05) is 47.8 Å². The van der Waals surface area contributed by atoms with Gasteiger partial charge >= 0.3 is 0 Å². The molecule has 0 saturated carbocycles. The molecule has 31 heavy (non-hydrogen) atoms. The summed E-state index contributed by atoms with van der Waals surface area (Å²) >= 11 is 1.47. The first-order valence-corrected chi connectivity index (χ1v) is 10.8. The van der Waals surface area contributed by atoms with Crippen LogP contribution in [0.2, 0.25) is 0 Å². The summed E-state index contributed by atoms with van der Waals surface area (Å²) in [6, 6.07) is 20.5. The number of amides is 2. The van der Waals surface area contributed by atoms with Crippen LogP contribution < -0.4 is 10.7 Å². The van der Waals surface area contributed by atoms with Gasteiger partial charge in [-0.25, -0.2) is 5.43 Å². The monoisotopic (exact) mass is 431 g/mol. The Bertz CT molecular complexity index is 1080. The average Bonchev–Trinajstić information content (AvgIpc) is 3.26. The van der Waals surface area contributed by atoms with Crippen molar-refractivity contribution in [1.82, 2.24) is 10.7 Å². The normalized spacial score (nSPS) is 12.0. The molecule has 0 bridgehead atoms. The second kappa shape index (κ2) is 10.00. The molecule has 2 N–H and O–H groups in total. The standard InChI is InChI=1S/C25H25N3O2S/c1-25(2,3)20-13-11-18(12-14-20)17-26-28-24(30)22(16-21-10-7-15-31-21)27-23(29)19-8-5-4-6-9-19/h4-17H,1-3H3,(H,27,29)(H,28,30). The fourth-order valence-corrected chi connectivity index (χ4v) is 3.41. The zero-order valence-electron chi connectivity index (χ0n) is 17.8. The number of nitrogens with one attached hydrogen (secondary N) is 2. The minimum absolute atomic E-state index is 0.0718. The Morgan fingerprint density at radius 3 is 2.26 bits per heavy atom. The minimum atomic E-state index is -0.500. The highest BCUT2D eigenvalue weighted by atomic mass is 32.1. The van der Waals surface area contributed by atoms with Crippen LogP contribution in [0.25, 0.3) is 6.08 Å². The predicted molar refractivity (Wildman–Crippen MR) is 127 cm³/mol. The molecule has 0 unspecified atom stereocenters. The zero-order chi connectivity index (χ0) is 22.3. The molecule has 0 aliphatic carbocycles. The van der Waals surface area contributed by atoms with Crippen LogP contribution >= 0.6 is 11.3 Å². The highest BCUT2D eigenvalue weighted by molar-refractivity contribution is 7.10. The van der Waals surface area contributed by atoms with Crippen LogP contribution in [0.5, 0.6) is 0 Å². The number of carbonyl (C=O) groups is 2. The first-order valence-electron chi connectivity index (χ1n) is 9.88. The second-order valence-corrected chi connectivity index (χ2v) is 8.94. The van der Waals surface area contributed by atoms with E-state index in [-0.39, 0.29) is 17.0 Å². The number of thiophene rings is 1. The Labute approximate surface area is 186 Å². The van der Waals surface area contributed by atoms with Gasteiger partial charge in [-0.05, 0) is 46.2 Å². The Hall–Kier alpha value is -3.51. The third-order valence-electron chi connectivity index (χ3n) is 4.52. The van der Waals surface area contributed by atoms with E-state index in [9.17, 15) is 9.59 Å². The molecule has 0 radical (unpaired) electrons. The number of benzene rings is 2. The average molecular weight is 432 g/mol. The van der Waals surface area contributed by atoms with E-state index in [1.54, 1.807) is 36.6 Å². The largest absolute Gasteiger partial charge is 0.317 e. The second-order valence-electron chi connectivity index (χ2n) is 7.96. The molecule has 3 aromatic rings. The van der Waals surface area contributed by atoms with E-state index >= 15 is 0 Å². The highest BCUT2D eigenvalue weighted by Gasteiger charge is 2.15. The van der Waals surface area contributed by atoms with Crippen LogP contribution in [-0.4, -0.2) is 18.0 Å². The predicted octanol–water partition coefficient (Wildman–Crippen LogP) is 4.97. The van der Waals surface area contributed by atoms with Crippen molar-refractivity contribution >= 4 is 35.4 Å². The lowest BCUT2D eigenvalue weighted by Crippen LogP contribution is -2.32. The van der Waals surface area contributed by atoms with Crippen LogP contribution in [0, 0.1) is 0 Å². The molecule has 0 aliphatic rings. The van der Waals surface area contributed by atoms with Gasteiger partial charge in [0.05, 0.1) is 6.21 Å². The molecule has 2 amide bonds. The van der Waals surface area contributed by atoms with Crippen molar-refractivity contribution in [2.45, 2.75) is 26.2 Å². The topological polar surface area (TPSA) is 70.6 Å². The number of nitrogens with zero attached hydrogens (tertiary/aromatic N) is 1. The molecule has 0 aliphatic heterocycles. The Kier molecular flexibility index (Phi) is 7.15. The summed E-state index contributed by atoms with van der Waals surface area (Å²) in [5.74, 6) is -0.861. The molecule has 6 heteroatoms. The molecule has 158 valence electrons. The maximum absolute atomic E-state index is 12.7. The fourth-order valence-electron chi connectivity index (χ4n) is 2.75. The molecule has 2 aromatic carbocycles. The van der Waals surface area contributed by atoms with Crippen molar-refractivity contribution in [3.05, 3.63) is 99.4 Å². The molecule has 0 fully saturated rings. The van der Waals surface area contributed by atoms with Gasteiger partial charge in [-0.2, -0.15) is 5.10 Å². The van der Waals surface area contributed by atoms with Gasteiger partial charge in [-0.15, -0.1) is 11.3 Å². The van der Waals surface area contributed by atoms with Gasteiger partial charge in [-0.1, -0.05) is 69.3 Å². The van der Waals surface area contributed by atoms with Crippen molar-refractivity contribution in [3.8, 4) is 0 Å². The Morgan fingerprint density at radius 2 is 1.65 bits per heavy atom. The first kappa shape index (κ1) is 22.2. The number of hydrogen-bond donors (Lipinski definition) is 2. The van der Waals surface area contributed by atoms with Gasteiger partial charge in [0, 0.05) is 10.4 Å². The smallest absolute Gasteiger partial charge is 0.287 e. The van der Waals surface area contributed by atoms with Gasteiger partial charge in [0.2, 0.25) is 0 Å². The van der Waals surface area contributed by atoms with Gasteiger partial charge in [0.1, 0.15) is 5.70 Å². The number of hydrogen-bond acceptors (Lipinski definition) is 4. The van der Waals surface area contributed by atoms with Crippen LogP contribution in [0.3, 0.4) is 0 Å². The summed E-state index contributed by atoms with van der Waals surface area (Å²) in [7, 11) is 0. The molecule has 0 spiro atoms. The van der Waals surface area contributed by atoms with E-state index in [0.717, 1.165) is 10.4 Å². The molecule has 1 heterocycles. The number of hydrazone groups is 1. The molecule has 1 aromatic heterocycles. The fraction of sp³-hybridized carbons (Fsp3) is 0.160. The highest BCUT2D eigenvalue weighted by Crippen LogP contribution is 2.21. The molecule has 0 atom stereocenters. The third kappa shape index (κ3) is 6.49. The van der Waals surface area contributed by atoms with E-state index in [2.05, 4.69) is 36.6 Å². The Morgan fingerprint density at radius 1 is 0.935 bits per heavy atom. The van der Waals surface area contributed by atoms with Crippen LogP contribution in [0.1, 0.15) is 47.1 Å². The van der Waals surface area contributed by atoms with E-state index in [4.69, 9.17) is 0 Å². The van der Waals surface area contributed by atoms with Crippen molar-refractivity contribution in [1.29, 1.82) is 0 Å². The summed E-state index contributed by atoms with van der Waals surface area (Å²) in [6.07, 6.45) is 3.21. The van der Waals surface area contributed by atoms with Crippen molar-refractivity contribution in [2.24, 2.45) is 5.10 Å². The van der Waals surface area contributed by atoms with Crippen LogP contribution in [0.4, 0.5) is 0 Å². The SMILES string of the molecule is CC(C)(C)c1ccc(C=NNC(=O)C(=Cc2cccs2)NC(=O)c2ccccc2)cc1. The number of carbonyl (C=O) groups excluding carboxylic acids is 2. The van der Waals surface area contributed by atoms with Gasteiger partial charge in [0.15, 0.2) is 0 Å². The summed E-state index contributed by atoms with van der Waals surface area (Å²) in [5, 5.41) is 8.64. The molecule has 5 nitrogen and oxygen atoms in total. The third-order valence-corrected chi connectivity index (χ3v) is 5.33. The van der Waals surface area contributed by atoms with Gasteiger partial charge in [0.25, 0.3) is 11.8 Å². The number of rotatable bonds is 6. The van der Waals surface area contributed by atoms with E-state index < -0.39 is 5.91 Å². The lowest BCUT2D eigenvalue weighted by molar-refractivity contribution is -0.117. The molecular weight excluding hydrogens is 406 g/mol. The summed E-state index contributed by atoms with van der Waals surface area (Å²) < 4.78 is 0. The molecule has 3 rings (SSSR count). The van der Waals surface area contributed by atoms with Crippen molar-refractivity contribution < 1.29 is 9.59 Å². The van der Waals surface area contributed by atoms with Gasteiger partial charge in [-0.3, -0.25) is 9.59 Å². The zero-order valence-corrected chi connectivity index (χ0v) is 18.6. The summed E-state index contributed by atoms with van der Waals surface area (Å²) in [4.78, 5) is 26.1. The lowest BCUT2D eigenvalue weighted by Gasteiger charge is -2.18. The summed E-state index contributed by atoms with van der Waals surface area (Å²) in [6.45, 7) is 6.46. The van der Waals surface area contributed by atoms with Crippen LogP contribution in [-0.2, 0) is 10.2 Å². The van der Waals surface area contributed by atoms with Gasteiger partial charge < -0.3 is 5.32 Å². The van der Waals surface area contributed by atoms with Crippen molar-refractivity contribution in [3.63, 3.8) is 0 Å². The molecular formula is C25H25N3O2S. The van der Waals surface area contributed by atoms with E-state index in [1.165, 1.54) is 16.9 Å². The molecule has 0 saturated heterocycles. The van der Waals surface area contributed by atoms with Crippen molar-refractivity contribution in [2.75, 3.05) is 0 Å². The lowest BCUT2D eigenvalue weighted by atomic mass is 9.87. The quantitative estimate of drug-likeness (QED) is 0.329. The Balaban J connectivity index is 1.71. The summed E-state index contributed by atoms with van der Waals surface area (Å²) in [5.41, 5.74) is 5.25.